The molecule has 2 fully saturated rings. The first-order valence-corrected chi connectivity index (χ1v) is 12.3. The average Bonchev–Trinajstić information content (AvgIpc) is 2.91. The number of nitrogens with one attached hydrogen (secondary N) is 1. The number of carbonyl (C=O) groups is 1. The van der Waals surface area contributed by atoms with Gasteiger partial charge in [-0.2, -0.15) is 0 Å². The lowest BCUT2D eigenvalue weighted by molar-refractivity contribution is -0.0384. The van der Waals surface area contributed by atoms with Gasteiger partial charge in [0, 0.05) is 67.6 Å². The van der Waals surface area contributed by atoms with E-state index in [2.05, 4.69) is 20.3 Å². The van der Waals surface area contributed by atoms with Crippen LogP contribution in [0.5, 0.6) is 0 Å². The molecule has 1 aliphatic carbocycles. The minimum Gasteiger partial charge on any atom is -0.381 e. The van der Waals surface area contributed by atoms with Gasteiger partial charge < -0.3 is 10.1 Å². The third-order valence-corrected chi connectivity index (χ3v) is 7.06. The van der Waals surface area contributed by atoms with Crippen molar-refractivity contribution in [2.45, 2.75) is 56.3 Å². The monoisotopic (exact) mass is 514 g/mol. The SMILES string of the molecule is O=C(Nc1c(-c2cc(F)ccc2F)ccnc1C1CCC(F)(F)CC1)c1cnc(C2CCOCC2)nc1. The van der Waals surface area contributed by atoms with Crippen molar-refractivity contribution in [1.29, 1.82) is 0 Å². The number of halogens is 4. The van der Waals surface area contributed by atoms with Crippen LogP contribution in [0.25, 0.3) is 11.1 Å². The van der Waals surface area contributed by atoms with Gasteiger partial charge in [-0.15, -0.1) is 0 Å². The molecule has 1 aromatic carbocycles. The lowest BCUT2D eigenvalue weighted by atomic mass is 9.83. The van der Waals surface area contributed by atoms with E-state index in [4.69, 9.17) is 4.74 Å². The lowest BCUT2D eigenvalue weighted by Gasteiger charge is -2.29. The van der Waals surface area contributed by atoms with Crippen molar-refractivity contribution in [1.82, 2.24) is 15.0 Å². The first-order valence-electron chi connectivity index (χ1n) is 12.3. The molecule has 3 aromatic rings. The summed E-state index contributed by atoms with van der Waals surface area (Å²) in [5.74, 6) is -4.24. The van der Waals surface area contributed by atoms with E-state index in [1.165, 1.54) is 24.7 Å². The molecule has 1 aliphatic heterocycles. The van der Waals surface area contributed by atoms with Gasteiger partial charge in [0.1, 0.15) is 17.5 Å². The Morgan fingerprint density at radius 3 is 2.32 bits per heavy atom. The van der Waals surface area contributed by atoms with Crippen LogP contribution in [0.3, 0.4) is 0 Å². The Bertz CT molecular complexity index is 1270. The van der Waals surface area contributed by atoms with E-state index in [1.807, 2.05) is 0 Å². The normalized spacial score (nSPS) is 18.5. The highest BCUT2D eigenvalue weighted by atomic mass is 19.3. The molecule has 6 nitrogen and oxygen atoms in total. The van der Waals surface area contributed by atoms with Gasteiger partial charge in [-0.25, -0.2) is 27.5 Å². The van der Waals surface area contributed by atoms with E-state index in [0.29, 0.717) is 24.7 Å². The van der Waals surface area contributed by atoms with Crippen molar-refractivity contribution in [3.63, 3.8) is 0 Å². The summed E-state index contributed by atoms with van der Waals surface area (Å²) in [6.45, 7) is 1.26. The number of carbonyl (C=O) groups excluding carboxylic acids is 1. The third kappa shape index (κ3) is 5.64. The molecule has 10 heteroatoms. The van der Waals surface area contributed by atoms with E-state index >= 15 is 0 Å². The first kappa shape index (κ1) is 25.3. The molecule has 37 heavy (non-hydrogen) atoms. The molecule has 3 heterocycles. The number of hydrogen-bond donors (Lipinski definition) is 1. The first-order chi connectivity index (χ1) is 17.8. The quantitative estimate of drug-likeness (QED) is 0.407. The molecule has 194 valence electrons. The minimum absolute atomic E-state index is 0.0637. The number of alkyl halides is 2. The summed E-state index contributed by atoms with van der Waals surface area (Å²) in [6.07, 6.45) is 5.55. The number of nitrogens with zero attached hydrogens (tertiary/aromatic N) is 3. The lowest BCUT2D eigenvalue weighted by Crippen LogP contribution is -2.25. The van der Waals surface area contributed by atoms with Gasteiger partial charge in [0.05, 0.1) is 16.9 Å². The zero-order chi connectivity index (χ0) is 26.0. The van der Waals surface area contributed by atoms with Crippen LogP contribution in [0.2, 0.25) is 0 Å². The van der Waals surface area contributed by atoms with Gasteiger partial charge in [-0.05, 0) is 49.9 Å². The topological polar surface area (TPSA) is 77.0 Å². The fourth-order valence-corrected chi connectivity index (χ4v) is 4.97. The second-order valence-corrected chi connectivity index (χ2v) is 9.54. The van der Waals surface area contributed by atoms with E-state index in [9.17, 15) is 22.4 Å². The second kappa shape index (κ2) is 10.5. The summed E-state index contributed by atoms with van der Waals surface area (Å²) in [7, 11) is 0. The van der Waals surface area contributed by atoms with Crippen LogP contribution >= 0.6 is 0 Å². The molecule has 0 bridgehead atoms. The van der Waals surface area contributed by atoms with Gasteiger partial charge in [0.2, 0.25) is 5.92 Å². The third-order valence-electron chi connectivity index (χ3n) is 7.06. The summed E-state index contributed by atoms with van der Waals surface area (Å²) in [5.41, 5.74) is 0.857. The highest BCUT2D eigenvalue weighted by Crippen LogP contribution is 2.44. The fraction of sp³-hybridized carbons (Fsp3) is 0.407. The van der Waals surface area contributed by atoms with Crippen molar-refractivity contribution in [3.05, 3.63) is 71.6 Å². The second-order valence-electron chi connectivity index (χ2n) is 9.54. The molecule has 1 N–H and O–H groups in total. The molecule has 0 radical (unpaired) electrons. The van der Waals surface area contributed by atoms with Gasteiger partial charge in [-0.3, -0.25) is 9.78 Å². The maximum absolute atomic E-state index is 14.8. The van der Waals surface area contributed by atoms with Gasteiger partial charge in [0.15, 0.2) is 0 Å². The van der Waals surface area contributed by atoms with Crippen LogP contribution in [0.1, 0.15) is 72.2 Å². The number of anilines is 1. The summed E-state index contributed by atoms with van der Waals surface area (Å²) in [6, 6.07) is 4.50. The molecule has 2 aromatic heterocycles. The zero-order valence-corrected chi connectivity index (χ0v) is 20.0. The van der Waals surface area contributed by atoms with Gasteiger partial charge in [0.25, 0.3) is 5.91 Å². The number of hydrogen-bond acceptors (Lipinski definition) is 5. The van der Waals surface area contributed by atoms with Gasteiger partial charge in [-0.1, -0.05) is 0 Å². The number of pyridine rings is 1. The fourth-order valence-electron chi connectivity index (χ4n) is 4.97. The molecule has 5 rings (SSSR count). The summed E-state index contributed by atoms with van der Waals surface area (Å²) in [5, 5.41) is 2.78. The Hall–Kier alpha value is -3.40. The molecular weight excluding hydrogens is 488 g/mol. The highest BCUT2D eigenvalue weighted by Gasteiger charge is 2.37. The maximum Gasteiger partial charge on any atom is 0.258 e. The van der Waals surface area contributed by atoms with Crippen LogP contribution in [-0.2, 0) is 4.74 Å². The Kier molecular flexibility index (Phi) is 7.19. The van der Waals surface area contributed by atoms with Crippen LogP contribution in [0.4, 0.5) is 23.2 Å². The van der Waals surface area contributed by atoms with E-state index in [-0.39, 0.29) is 59.9 Å². The van der Waals surface area contributed by atoms with Crippen molar-refractivity contribution in [2.24, 2.45) is 0 Å². The molecule has 1 saturated carbocycles. The standard InChI is InChI=1S/C27H26F4N4O2/c28-19-1-2-22(29)21(13-19)20-5-10-32-23(16-3-8-27(30,31)9-4-16)24(20)35-26(36)18-14-33-25(34-15-18)17-6-11-37-12-7-17/h1-2,5,10,13-17H,3-4,6-9,11-12H2,(H,35,36). The molecular formula is C27H26F4N4O2. The number of aromatic nitrogens is 3. The molecule has 0 unspecified atom stereocenters. The Labute approximate surface area is 211 Å². The Balaban J connectivity index is 1.48. The van der Waals surface area contributed by atoms with Crippen molar-refractivity contribution >= 4 is 11.6 Å². The minimum atomic E-state index is -2.75. The number of benzene rings is 1. The van der Waals surface area contributed by atoms with E-state index < -0.39 is 23.5 Å². The number of amides is 1. The summed E-state index contributed by atoms with van der Waals surface area (Å²) in [4.78, 5) is 26.4. The van der Waals surface area contributed by atoms with Crippen LogP contribution in [-0.4, -0.2) is 40.0 Å². The van der Waals surface area contributed by atoms with Gasteiger partial charge >= 0.3 is 0 Å². The van der Waals surface area contributed by atoms with E-state index in [1.54, 1.807) is 0 Å². The summed E-state index contributed by atoms with van der Waals surface area (Å²) >= 11 is 0. The average molecular weight is 515 g/mol. The highest BCUT2D eigenvalue weighted by molar-refractivity contribution is 6.06. The Morgan fingerprint density at radius 2 is 1.62 bits per heavy atom. The largest absolute Gasteiger partial charge is 0.381 e. The van der Waals surface area contributed by atoms with Crippen molar-refractivity contribution in [2.75, 3.05) is 18.5 Å². The number of ether oxygens (including phenoxy) is 1. The molecule has 2 aliphatic rings. The smallest absolute Gasteiger partial charge is 0.258 e. The van der Waals surface area contributed by atoms with Crippen molar-refractivity contribution < 1.29 is 27.1 Å². The van der Waals surface area contributed by atoms with Crippen LogP contribution < -0.4 is 5.32 Å². The molecule has 0 spiro atoms. The number of rotatable bonds is 5. The van der Waals surface area contributed by atoms with Crippen molar-refractivity contribution in [3.8, 4) is 11.1 Å². The molecule has 1 amide bonds. The predicted molar refractivity (Wildman–Crippen MR) is 129 cm³/mol. The van der Waals surface area contributed by atoms with Crippen LogP contribution in [0, 0.1) is 11.6 Å². The molecule has 0 atom stereocenters. The zero-order valence-electron chi connectivity index (χ0n) is 20.0. The maximum atomic E-state index is 14.8. The molecule has 1 saturated heterocycles. The predicted octanol–water partition coefficient (Wildman–Crippen LogP) is 6.26. The Morgan fingerprint density at radius 1 is 0.919 bits per heavy atom. The summed E-state index contributed by atoms with van der Waals surface area (Å²) < 4.78 is 61.8. The van der Waals surface area contributed by atoms with Crippen LogP contribution in [0.15, 0.2) is 42.9 Å². The van der Waals surface area contributed by atoms with E-state index in [0.717, 1.165) is 31.0 Å².